The lowest BCUT2D eigenvalue weighted by atomic mass is 10.2. The van der Waals surface area contributed by atoms with Crippen LogP contribution in [0.2, 0.25) is 0 Å². The van der Waals surface area contributed by atoms with Crippen molar-refractivity contribution in [3.8, 4) is 11.5 Å². The van der Waals surface area contributed by atoms with Crippen LogP contribution in [-0.2, 0) is 11.3 Å². The standard InChI is InChI=1S/C11H12BrNO4/c12-8-3-7(5-13-2-1-10(14)15)4-9-11(8)17-6-16-9/h3-4,13H,1-2,5-6H2,(H,14,15). The summed E-state index contributed by atoms with van der Waals surface area (Å²) in [6.45, 7) is 1.29. The van der Waals surface area contributed by atoms with Crippen molar-refractivity contribution in [1.82, 2.24) is 5.32 Å². The van der Waals surface area contributed by atoms with Gasteiger partial charge < -0.3 is 19.9 Å². The highest BCUT2D eigenvalue weighted by atomic mass is 79.9. The predicted octanol–water partition coefficient (Wildman–Crippen LogP) is 1.74. The molecular formula is C11H12BrNO4. The number of ether oxygens (including phenoxy) is 2. The maximum Gasteiger partial charge on any atom is 0.304 e. The summed E-state index contributed by atoms with van der Waals surface area (Å²) in [7, 11) is 0. The van der Waals surface area contributed by atoms with Gasteiger partial charge in [-0.05, 0) is 33.6 Å². The topological polar surface area (TPSA) is 67.8 Å². The number of carboxylic acid groups (broad SMARTS) is 1. The summed E-state index contributed by atoms with van der Waals surface area (Å²) in [5, 5.41) is 11.6. The molecule has 0 saturated carbocycles. The Hall–Kier alpha value is -1.27. The van der Waals surface area contributed by atoms with Gasteiger partial charge in [-0.25, -0.2) is 0 Å². The van der Waals surface area contributed by atoms with Gasteiger partial charge in [0.2, 0.25) is 6.79 Å². The van der Waals surface area contributed by atoms with Crippen LogP contribution in [0.4, 0.5) is 0 Å². The van der Waals surface area contributed by atoms with Gasteiger partial charge in [0.05, 0.1) is 10.9 Å². The first-order chi connectivity index (χ1) is 8.16. The molecule has 0 radical (unpaired) electrons. The number of fused-ring (bicyclic) bond motifs is 1. The number of hydrogen-bond donors (Lipinski definition) is 2. The molecule has 0 fully saturated rings. The van der Waals surface area contributed by atoms with Gasteiger partial charge in [0.1, 0.15) is 0 Å². The summed E-state index contributed by atoms with van der Waals surface area (Å²) in [6.07, 6.45) is 0.117. The summed E-state index contributed by atoms with van der Waals surface area (Å²) in [6, 6.07) is 3.82. The first-order valence-corrected chi connectivity index (χ1v) is 5.96. The zero-order chi connectivity index (χ0) is 12.3. The van der Waals surface area contributed by atoms with Gasteiger partial charge in [-0.15, -0.1) is 0 Å². The molecule has 0 aromatic heterocycles. The van der Waals surface area contributed by atoms with Crippen LogP contribution in [-0.4, -0.2) is 24.4 Å². The monoisotopic (exact) mass is 301 g/mol. The van der Waals surface area contributed by atoms with Crippen LogP contribution >= 0.6 is 15.9 Å². The van der Waals surface area contributed by atoms with Crippen molar-refractivity contribution in [2.75, 3.05) is 13.3 Å². The average Bonchev–Trinajstić information content (AvgIpc) is 2.72. The molecule has 0 amide bonds. The normalized spacial score (nSPS) is 12.8. The molecule has 92 valence electrons. The van der Waals surface area contributed by atoms with E-state index >= 15 is 0 Å². The predicted molar refractivity (Wildman–Crippen MR) is 64.2 cm³/mol. The van der Waals surface area contributed by atoms with Gasteiger partial charge in [-0.2, -0.15) is 0 Å². The minimum absolute atomic E-state index is 0.117. The maximum absolute atomic E-state index is 10.3. The molecule has 1 heterocycles. The van der Waals surface area contributed by atoms with Crippen LogP contribution in [0, 0.1) is 0 Å². The van der Waals surface area contributed by atoms with Crippen molar-refractivity contribution in [3.63, 3.8) is 0 Å². The lowest BCUT2D eigenvalue weighted by molar-refractivity contribution is -0.136. The molecule has 6 heteroatoms. The summed E-state index contributed by atoms with van der Waals surface area (Å²) >= 11 is 3.40. The summed E-state index contributed by atoms with van der Waals surface area (Å²) < 4.78 is 11.4. The molecule has 0 unspecified atom stereocenters. The Labute approximate surface area is 107 Å². The van der Waals surface area contributed by atoms with Crippen molar-refractivity contribution < 1.29 is 19.4 Å². The SMILES string of the molecule is O=C(O)CCNCc1cc(Br)c2c(c1)OCO2. The first-order valence-electron chi connectivity index (χ1n) is 5.17. The van der Waals surface area contributed by atoms with E-state index in [9.17, 15) is 4.79 Å². The number of nitrogens with one attached hydrogen (secondary N) is 1. The molecule has 1 aromatic carbocycles. The molecule has 0 bridgehead atoms. The maximum atomic E-state index is 10.3. The van der Waals surface area contributed by atoms with Crippen molar-refractivity contribution in [3.05, 3.63) is 22.2 Å². The number of rotatable bonds is 5. The molecule has 0 saturated heterocycles. The van der Waals surface area contributed by atoms with Gasteiger partial charge in [-0.1, -0.05) is 0 Å². The molecule has 5 nitrogen and oxygen atoms in total. The summed E-state index contributed by atoms with van der Waals surface area (Å²) in [4.78, 5) is 10.3. The van der Waals surface area contributed by atoms with Crippen LogP contribution in [0.15, 0.2) is 16.6 Å². The molecule has 1 aromatic rings. The third kappa shape index (κ3) is 3.10. The molecule has 17 heavy (non-hydrogen) atoms. The summed E-state index contributed by atoms with van der Waals surface area (Å²) in [5.74, 6) is 0.637. The van der Waals surface area contributed by atoms with Crippen molar-refractivity contribution in [2.45, 2.75) is 13.0 Å². The fraction of sp³-hybridized carbons (Fsp3) is 0.364. The highest BCUT2D eigenvalue weighted by Crippen LogP contribution is 2.39. The first kappa shape index (κ1) is 12.2. The Balaban J connectivity index is 1.93. The molecule has 2 N–H and O–H groups in total. The number of carboxylic acids is 1. The van der Waals surface area contributed by atoms with Crippen LogP contribution in [0.3, 0.4) is 0 Å². The third-order valence-electron chi connectivity index (χ3n) is 2.33. The van der Waals surface area contributed by atoms with Gasteiger partial charge in [0, 0.05) is 13.1 Å². The van der Waals surface area contributed by atoms with Gasteiger partial charge >= 0.3 is 5.97 Å². The molecular weight excluding hydrogens is 290 g/mol. The van der Waals surface area contributed by atoms with Crippen LogP contribution in [0.25, 0.3) is 0 Å². The van der Waals surface area contributed by atoms with E-state index in [2.05, 4.69) is 21.2 Å². The van der Waals surface area contributed by atoms with Crippen LogP contribution in [0.1, 0.15) is 12.0 Å². The summed E-state index contributed by atoms with van der Waals surface area (Å²) in [5.41, 5.74) is 1.02. The number of aliphatic carboxylic acids is 1. The zero-order valence-electron chi connectivity index (χ0n) is 9.03. The zero-order valence-corrected chi connectivity index (χ0v) is 10.6. The van der Waals surface area contributed by atoms with Crippen molar-refractivity contribution >= 4 is 21.9 Å². The van der Waals surface area contributed by atoms with E-state index in [1.54, 1.807) is 0 Å². The van der Waals surface area contributed by atoms with E-state index in [4.69, 9.17) is 14.6 Å². The van der Waals surface area contributed by atoms with E-state index in [0.717, 1.165) is 21.5 Å². The smallest absolute Gasteiger partial charge is 0.304 e. The lowest BCUT2D eigenvalue weighted by Crippen LogP contribution is -2.17. The Morgan fingerprint density at radius 1 is 1.47 bits per heavy atom. The second-order valence-corrected chi connectivity index (χ2v) is 4.49. The highest BCUT2D eigenvalue weighted by molar-refractivity contribution is 9.10. The quantitative estimate of drug-likeness (QED) is 0.811. The third-order valence-corrected chi connectivity index (χ3v) is 2.92. The van der Waals surface area contributed by atoms with E-state index in [0.29, 0.717) is 13.1 Å². The largest absolute Gasteiger partial charge is 0.481 e. The van der Waals surface area contributed by atoms with E-state index < -0.39 is 5.97 Å². The lowest BCUT2D eigenvalue weighted by Gasteiger charge is -2.06. The van der Waals surface area contributed by atoms with E-state index in [1.807, 2.05) is 12.1 Å². The van der Waals surface area contributed by atoms with E-state index in [-0.39, 0.29) is 13.2 Å². The van der Waals surface area contributed by atoms with Gasteiger partial charge in [-0.3, -0.25) is 4.79 Å². The molecule has 1 aliphatic rings. The van der Waals surface area contributed by atoms with Crippen molar-refractivity contribution in [2.24, 2.45) is 0 Å². The molecule has 0 spiro atoms. The second kappa shape index (κ2) is 5.37. The van der Waals surface area contributed by atoms with Gasteiger partial charge in [0.15, 0.2) is 11.5 Å². The van der Waals surface area contributed by atoms with E-state index in [1.165, 1.54) is 0 Å². The second-order valence-electron chi connectivity index (χ2n) is 3.63. The Morgan fingerprint density at radius 2 is 2.29 bits per heavy atom. The number of hydrogen-bond acceptors (Lipinski definition) is 4. The number of carbonyl (C=O) groups is 1. The average molecular weight is 302 g/mol. The minimum Gasteiger partial charge on any atom is -0.481 e. The minimum atomic E-state index is -0.802. The molecule has 0 atom stereocenters. The highest BCUT2D eigenvalue weighted by Gasteiger charge is 2.17. The Kier molecular flexibility index (Phi) is 3.86. The fourth-order valence-electron chi connectivity index (χ4n) is 1.55. The molecule has 1 aliphatic heterocycles. The van der Waals surface area contributed by atoms with Crippen molar-refractivity contribution in [1.29, 1.82) is 0 Å². The fourth-order valence-corrected chi connectivity index (χ4v) is 2.15. The number of halogens is 1. The Bertz CT molecular complexity index is 436. The molecule has 2 rings (SSSR count). The van der Waals surface area contributed by atoms with Gasteiger partial charge in [0.25, 0.3) is 0 Å². The van der Waals surface area contributed by atoms with Crippen LogP contribution in [0.5, 0.6) is 11.5 Å². The van der Waals surface area contributed by atoms with Crippen LogP contribution < -0.4 is 14.8 Å². The number of benzene rings is 1. The molecule has 0 aliphatic carbocycles. The Morgan fingerprint density at radius 3 is 3.06 bits per heavy atom.